The topological polar surface area (TPSA) is 120 Å². The molecule has 0 aromatic rings. The number of rotatable bonds is 12. The summed E-state index contributed by atoms with van der Waals surface area (Å²) in [5.74, 6) is -1.42. The van der Waals surface area contributed by atoms with E-state index in [0.29, 0.717) is 25.0 Å². The summed E-state index contributed by atoms with van der Waals surface area (Å²) in [5, 5.41) is 3.11. The molecule has 4 amide bonds. The summed E-state index contributed by atoms with van der Waals surface area (Å²) in [6.45, 7) is 18.8. The van der Waals surface area contributed by atoms with Crippen molar-refractivity contribution in [3.63, 3.8) is 0 Å². The average Bonchev–Trinajstić information content (AvgIpc) is 3.46. The second-order valence-electron chi connectivity index (χ2n) is 14.3. The van der Waals surface area contributed by atoms with Gasteiger partial charge in [0.2, 0.25) is 23.6 Å². The first-order valence-electron chi connectivity index (χ1n) is 16.6. The summed E-state index contributed by atoms with van der Waals surface area (Å²) in [6, 6.07) is -1.88. The smallest absolute Gasteiger partial charge is 0.325 e. The van der Waals surface area contributed by atoms with Gasteiger partial charge in [0.15, 0.2) is 0 Å². The molecule has 0 bridgehead atoms. The van der Waals surface area contributed by atoms with Crippen LogP contribution in [-0.2, 0) is 28.7 Å². The molecule has 1 N–H and O–H groups in total. The molecule has 4 atom stereocenters. The summed E-state index contributed by atoms with van der Waals surface area (Å²) in [7, 11) is 3.26. The summed E-state index contributed by atoms with van der Waals surface area (Å²) in [5.41, 5.74) is -0.111. The Morgan fingerprint density at radius 2 is 1.58 bits per heavy atom. The first-order chi connectivity index (χ1) is 20.9. The van der Waals surface area contributed by atoms with Crippen LogP contribution in [0.1, 0.15) is 94.4 Å². The third kappa shape index (κ3) is 10.0. The van der Waals surface area contributed by atoms with Gasteiger partial charge in [0.1, 0.15) is 18.6 Å². The molecule has 0 spiro atoms. The number of esters is 1. The Balaban J connectivity index is 2.25. The highest BCUT2D eigenvalue weighted by Crippen LogP contribution is 2.27. The summed E-state index contributed by atoms with van der Waals surface area (Å²) < 4.78 is 4.97. The Morgan fingerprint density at radius 3 is 2.13 bits per heavy atom. The Kier molecular flexibility index (Phi) is 14.1. The van der Waals surface area contributed by atoms with E-state index in [1.807, 2.05) is 34.6 Å². The first-order valence-corrected chi connectivity index (χ1v) is 16.6. The lowest BCUT2D eigenvalue weighted by Crippen LogP contribution is -2.60. The van der Waals surface area contributed by atoms with Crippen molar-refractivity contribution in [3.05, 3.63) is 11.6 Å². The van der Waals surface area contributed by atoms with Gasteiger partial charge in [0.05, 0.1) is 18.7 Å². The van der Waals surface area contributed by atoms with Crippen LogP contribution in [0.2, 0.25) is 0 Å². The van der Waals surface area contributed by atoms with Crippen molar-refractivity contribution in [2.45, 2.75) is 125 Å². The molecule has 2 fully saturated rings. The summed E-state index contributed by atoms with van der Waals surface area (Å²) >= 11 is 0. The van der Waals surface area contributed by atoms with Crippen LogP contribution in [-0.4, -0.2) is 120 Å². The van der Waals surface area contributed by atoms with Gasteiger partial charge < -0.3 is 24.8 Å². The van der Waals surface area contributed by atoms with Crippen molar-refractivity contribution >= 4 is 29.6 Å². The summed E-state index contributed by atoms with van der Waals surface area (Å²) in [6.07, 6.45) is 5.80. The molecule has 2 saturated heterocycles. The zero-order valence-electron chi connectivity index (χ0n) is 29.6. The molecule has 11 nitrogen and oxygen atoms in total. The Hall–Kier alpha value is -2.95. The second kappa shape index (κ2) is 16.6. The van der Waals surface area contributed by atoms with Gasteiger partial charge in [-0.3, -0.25) is 28.9 Å². The molecule has 2 heterocycles. The van der Waals surface area contributed by atoms with Gasteiger partial charge in [0, 0.05) is 32.3 Å². The highest BCUT2D eigenvalue weighted by Gasteiger charge is 2.41. The van der Waals surface area contributed by atoms with E-state index >= 15 is 0 Å². The molecule has 2 aliphatic rings. The van der Waals surface area contributed by atoms with Gasteiger partial charge in [0.25, 0.3) is 0 Å². The van der Waals surface area contributed by atoms with Crippen molar-refractivity contribution in [3.8, 4) is 0 Å². The minimum Gasteiger partial charge on any atom is -0.465 e. The number of nitrogens with one attached hydrogen (secondary N) is 1. The van der Waals surface area contributed by atoms with Crippen LogP contribution in [0.3, 0.4) is 0 Å². The number of amides is 4. The van der Waals surface area contributed by atoms with Crippen LogP contribution in [0.25, 0.3) is 0 Å². The van der Waals surface area contributed by atoms with Crippen molar-refractivity contribution in [2.24, 2.45) is 11.3 Å². The lowest BCUT2D eigenvalue weighted by molar-refractivity contribution is -0.150. The minimum atomic E-state index is -0.757. The third-order valence-electron chi connectivity index (χ3n) is 8.99. The highest BCUT2D eigenvalue weighted by molar-refractivity contribution is 5.97. The van der Waals surface area contributed by atoms with Crippen molar-refractivity contribution in [2.75, 3.05) is 40.3 Å². The van der Waals surface area contributed by atoms with E-state index in [0.717, 1.165) is 25.8 Å². The van der Waals surface area contributed by atoms with Crippen LogP contribution in [0.15, 0.2) is 11.6 Å². The number of ether oxygens (including phenoxy) is 1. The zero-order chi connectivity index (χ0) is 34.2. The van der Waals surface area contributed by atoms with Gasteiger partial charge in [-0.15, -0.1) is 0 Å². The number of hydrogen-bond donors (Lipinski definition) is 1. The Morgan fingerprint density at radius 1 is 0.956 bits per heavy atom. The van der Waals surface area contributed by atoms with Gasteiger partial charge in [-0.2, -0.15) is 0 Å². The van der Waals surface area contributed by atoms with Gasteiger partial charge >= 0.3 is 5.97 Å². The van der Waals surface area contributed by atoms with Gasteiger partial charge in [-0.1, -0.05) is 47.1 Å². The number of likely N-dealkylation sites (N-methyl/N-ethyl adjacent to an activating group) is 2. The monoisotopic (exact) mass is 633 g/mol. The number of hydrogen-bond acceptors (Lipinski definition) is 7. The number of piperidine rings is 1. The molecule has 0 radical (unpaired) electrons. The van der Waals surface area contributed by atoms with Crippen LogP contribution in [0, 0.1) is 11.3 Å². The largest absolute Gasteiger partial charge is 0.465 e. The van der Waals surface area contributed by atoms with E-state index in [1.54, 1.807) is 36.8 Å². The van der Waals surface area contributed by atoms with Crippen LogP contribution >= 0.6 is 0 Å². The van der Waals surface area contributed by atoms with E-state index in [2.05, 4.69) is 24.1 Å². The highest BCUT2D eigenvalue weighted by atomic mass is 16.5. The molecule has 256 valence electrons. The maximum absolute atomic E-state index is 14.1. The lowest BCUT2D eigenvalue weighted by atomic mass is 9.84. The standard InChI is InChI=1S/C34H59N5O6/c1-12-45-28(40)21-36(10)32(43)26-17-15-19-39(26)31(42)24(6)20-27(22(2)3)37(11)33(44)29(34(7,8)9)35-30(41)25-16-13-14-18-38(25)23(4)5/h20,22-23,25-27,29H,12-19,21H2,1-11H3,(H,35,41)/b24-20+/t25-,26+,27?,29-/m1/s1. The molecular weight excluding hydrogens is 574 g/mol. The predicted molar refractivity (Wildman–Crippen MR) is 175 cm³/mol. The molecule has 45 heavy (non-hydrogen) atoms. The average molecular weight is 634 g/mol. The first kappa shape index (κ1) is 38.2. The second-order valence-corrected chi connectivity index (χ2v) is 14.3. The molecule has 0 aromatic heterocycles. The summed E-state index contributed by atoms with van der Waals surface area (Å²) in [4.78, 5) is 73.3. The molecule has 0 aromatic carbocycles. The van der Waals surface area contributed by atoms with E-state index < -0.39 is 29.5 Å². The number of carbonyl (C=O) groups excluding carboxylic acids is 5. The molecule has 2 rings (SSSR count). The number of carbonyl (C=O) groups is 5. The minimum absolute atomic E-state index is 0.0282. The van der Waals surface area contributed by atoms with Crippen molar-refractivity contribution in [1.29, 1.82) is 0 Å². The van der Waals surface area contributed by atoms with E-state index in [4.69, 9.17) is 4.74 Å². The number of likely N-dealkylation sites (tertiary alicyclic amines) is 2. The fraction of sp³-hybridized carbons (Fsp3) is 0.794. The SMILES string of the molecule is CCOC(=O)CN(C)C(=O)[C@@H]1CCCN1C(=O)/C(C)=C/C(C(C)C)N(C)C(=O)[C@@H](NC(=O)[C@H]1CCCCN1C(C)C)C(C)(C)C. The lowest BCUT2D eigenvalue weighted by Gasteiger charge is -2.41. The van der Waals surface area contributed by atoms with Gasteiger partial charge in [-0.25, -0.2) is 0 Å². The van der Waals surface area contributed by atoms with Crippen LogP contribution < -0.4 is 5.32 Å². The van der Waals surface area contributed by atoms with E-state index in [9.17, 15) is 24.0 Å². The quantitative estimate of drug-likeness (QED) is 0.259. The zero-order valence-corrected chi connectivity index (χ0v) is 29.6. The maximum atomic E-state index is 14.1. The third-order valence-corrected chi connectivity index (χ3v) is 8.99. The van der Waals surface area contributed by atoms with Crippen molar-refractivity contribution < 1.29 is 28.7 Å². The fourth-order valence-corrected chi connectivity index (χ4v) is 6.40. The maximum Gasteiger partial charge on any atom is 0.325 e. The Bertz CT molecular complexity index is 1100. The van der Waals surface area contributed by atoms with Crippen LogP contribution in [0.5, 0.6) is 0 Å². The Labute approximate surface area is 271 Å². The fourth-order valence-electron chi connectivity index (χ4n) is 6.40. The normalized spacial score (nSPS) is 21.0. The van der Waals surface area contributed by atoms with Gasteiger partial charge in [-0.05, 0) is 71.3 Å². The van der Waals surface area contributed by atoms with E-state index in [-0.39, 0.29) is 54.8 Å². The molecule has 1 unspecified atom stereocenters. The van der Waals surface area contributed by atoms with Crippen LogP contribution in [0.4, 0.5) is 0 Å². The number of nitrogens with zero attached hydrogens (tertiary/aromatic N) is 4. The van der Waals surface area contributed by atoms with Crippen molar-refractivity contribution in [1.82, 2.24) is 24.9 Å². The molecular formula is C34H59N5O6. The van der Waals surface area contributed by atoms with E-state index in [1.165, 1.54) is 11.9 Å². The molecule has 11 heteroatoms. The molecule has 0 saturated carbocycles. The molecule has 0 aliphatic carbocycles. The molecule has 2 aliphatic heterocycles. The predicted octanol–water partition coefficient (Wildman–Crippen LogP) is 3.22.